The highest BCUT2D eigenvalue weighted by Crippen LogP contribution is 2.23. The Balaban J connectivity index is 1.53. The van der Waals surface area contributed by atoms with Gasteiger partial charge in [0.15, 0.2) is 5.69 Å². The van der Waals surface area contributed by atoms with E-state index in [1.54, 1.807) is 22.2 Å². The molecule has 1 aliphatic rings. The molecule has 2 heterocycles. The van der Waals surface area contributed by atoms with Crippen molar-refractivity contribution in [2.24, 2.45) is 5.92 Å². The van der Waals surface area contributed by atoms with Gasteiger partial charge in [0.05, 0.1) is 12.7 Å². The Kier molecular flexibility index (Phi) is 4.84. The topological polar surface area (TPSA) is 80.0 Å². The fourth-order valence-corrected chi connectivity index (χ4v) is 3.49. The van der Waals surface area contributed by atoms with Crippen LogP contribution in [0.2, 0.25) is 0 Å². The minimum atomic E-state index is -0.162. The van der Waals surface area contributed by atoms with Crippen LogP contribution in [0.5, 0.6) is 0 Å². The molecule has 0 unspecified atom stereocenters. The zero-order chi connectivity index (χ0) is 15.4. The Morgan fingerprint density at radius 2 is 2.23 bits per heavy atom. The highest BCUT2D eigenvalue weighted by molar-refractivity contribution is 7.09. The van der Waals surface area contributed by atoms with Crippen molar-refractivity contribution < 1.29 is 9.90 Å². The highest BCUT2D eigenvalue weighted by atomic mass is 32.1. The van der Waals surface area contributed by atoms with Gasteiger partial charge in [-0.25, -0.2) is 4.68 Å². The van der Waals surface area contributed by atoms with Crippen molar-refractivity contribution in [1.29, 1.82) is 0 Å². The molecule has 0 bridgehead atoms. The number of nitrogens with one attached hydrogen (secondary N) is 1. The van der Waals surface area contributed by atoms with E-state index in [9.17, 15) is 4.79 Å². The van der Waals surface area contributed by atoms with Gasteiger partial charge in [-0.05, 0) is 43.0 Å². The summed E-state index contributed by atoms with van der Waals surface area (Å²) in [6.45, 7) is 0.886. The molecule has 6 nitrogen and oxygen atoms in total. The summed E-state index contributed by atoms with van der Waals surface area (Å²) in [4.78, 5) is 13.4. The van der Waals surface area contributed by atoms with Crippen molar-refractivity contribution in [1.82, 2.24) is 20.3 Å². The molecule has 1 fully saturated rings. The van der Waals surface area contributed by atoms with Gasteiger partial charge in [0, 0.05) is 17.5 Å². The van der Waals surface area contributed by atoms with E-state index in [0.29, 0.717) is 18.2 Å². The van der Waals surface area contributed by atoms with Crippen LogP contribution in [0, 0.1) is 5.92 Å². The molecule has 2 aromatic heterocycles. The van der Waals surface area contributed by atoms with E-state index in [2.05, 4.69) is 15.6 Å². The summed E-state index contributed by atoms with van der Waals surface area (Å²) in [7, 11) is 0. The Morgan fingerprint density at radius 3 is 2.91 bits per heavy atom. The van der Waals surface area contributed by atoms with E-state index >= 15 is 0 Å². The number of carbonyl (C=O) groups is 1. The number of thiophene rings is 1. The van der Waals surface area contributed by atoms with E-state index in [-0.39, 0.29) is 18.6 Å². The average molecular weight is 320 g/mol. The van der Waals surface area contributed by atoms with Crippen LogP contribution in [-0.2, 0) is 6.54 Å². The van der Waals surface area contributed by atoms with Crippen LogP contribution in [0.1, 0.15) is 41.0 Å². The number of aromatic nitrogens is 3. The van der Waals surface area contributed by atoms with Gasteiger partial charge in [-0.15, -0.1) is 16.4 Å². The summed E-state index contributed by atoms with van der Waals surface area (Å²) in [6, 6.07) is 4.21. The summed E-state index contributed by atoms with van der Waals surface area (Å²) >= 11 is 1.66. The van der Waals surface area contributed by atoms with E-state index in [1.165, 1.54) is 4.88 Å². The van der Waals surface area contributed by atoms with Crippen molar-refractivity contribution in [2.45, 2.75) is 38.3 Å². The molecule has 1 saturated carbocycles. The first-order chi connectivity index (χ1) is 10.7. The van der Waals surface area contributed by atoms with Crippen LogP contribution in [0.3, 0.4) is 0 Å². The summed E-state index contributed by atoms with van der Waals surface area (Å²) < 4.78 is 1.68. The van der Waals surface area contributed by atoms with Gasteiger partial charge in [0.2, 0.25) is 0 Å². The molecular weight excluding hydrogens is 300 g/mol. The van der Waals surface area contributed by atoms with Crippen LogP contribution >= 0.6 is 11.3 Å². The molecule has 0 atom stereocenters. The van der Waals surface area contributed by atoms with Gasteiger partial charge in [-0.1, -0.05) is 11.3 Å². The third-order valence-corrected chi connectivity index (χ3v) is 4.97. The number of amides is 1. The fourth-order valence-electron chi connectivity index (χ4n) is 2.79. The first-order valence-electron chi connectivity index (χ1n) is 7.59. The minimum Gasteiger partial charge on any atom is -0.396 e. The van der Waals surface area contributed by atoms with Gasteiger partial charge < -0.3 is 10.4 Å². The number of nitrogens with zero attached hydrogens (tertiary/aromatic N) is 3. The van der Waals surface area contributed by atoms with Crippen molar-refractivity contribution in [3.63, 3.8) is 0 Å². The molecule has 22 heavy (non-hydrogen) atoms. The van der Waals surface area contributed by atoms with E-state index in [0.717, 1.165) is 25.7 Å². The molecule has 2 aromatic rings. The molecule has 0 saturated heterocycles. The van der Waals surface area contributed by atoms with E-state index in [4.69, 9.17) is 5.11 Å². The Labute approximate surface area is 133 Å². The molecule has 0 radical (unpaired) electrons. The summed E-state index contributed by atoms with van der Waals surface area (Å²) in [5.74, 6) is 0.227. The highest BCUT2D eigenvalue weighted by Gasteiger charge is 2.23. The van der Waals surface area contributed by atoms with Crippen molar-refractivity contribution in [3.8, 4) is 0 Å². The Morgan fingerprint density at radius 1 is 1.41 bits per heavy atom. The van der Waals surface area contributed by atoms with E-state index in [1.807, 2.05) is 17.5 Å². The normalized spacial score (nSPS) is 21.7. The summed E-state index contributed by atoms with van der Waals surface area (Å²) in [5, 5.41) is 22.1. The lowest BCUT2D eigenvalue weighted by molar-refractivity contribution is 0.0909. The number of hydrogen-bond acceptors (Lipinski definition) is 5. The lowest BCUT2D eigenvalue weighted by Crippen LogP contribution is -2.38. The Bertz CT molecular complexity index is 603. The SMILES string of the molecule is O=C(NC1CCC(CO)CC1)c1cn(Cc2cccs2)nn1. The molecule has 0 aromatic carbocycles. The molecular formula is C15H20N4O2S. The van der Waals surface area contributed by atoms with Crippen molar-refractivity contribution in [3.05, 3.63) is 34.3 Å². The summed E-state index contributed by atoms with van der Waals surface area (Å²) in [6.07, 6.45) is 5.45. The predicted molar refractivity (Wildman–Crippen MR) is 83.7 cm³/mol. The first-order valence-corrected chi connectivity index (χ1v) is 8.47. The van der Waals surface area contributed by atoms with Crippen LogP contribution in [0.15, 0.2) is 23.7 Å². The molecule has 0 aliphatic heterocycles. The third-order valence-electron chi connectivity index (χ3n) is 4.11. The first kappa shape index (κ1) is 15.2. The maximum atomic E-state index is 12.2. The molecule has 1 aliphatic carbocycles. The summed E-state index contributed by atoms with van der Waals surface area (Å²) in [5.41, 5.74) is 0.362. The Hall–Kier alpha value is -1.73. The average Bonchev–Trinajstić information content (AvgIpc) is 3.20. The number of hydrogen-bond donors (Lipinski definition) is 2. The van der Waals surface area contributed by atoms with Crippen molar-refractivity contribution >= 4 is 17.2 Å². The van der Waals surface area contributed by atoms with Gasteiger partial charge in [0.1, 0.15) is 0 Å². The second kappa shape index (κ2) is 7.02. The third kappa shape index (κ3) is 3.72. The van der Waals surface area contributed by atoms with Gasteiger partial charge in [-0.2, -0.15) is 0 Å². The standard InChI is InChI=1S/C15H20N4O2S/c20-10-11-3-5-12(6-4-11)16-15(21)14-9-19(18-17-14)8-13-2-1-7-22-13/h1-2,7,9,11-12,20H,3-6,8,10H2,(H,16,21). The number of aliphatic hydroxyl groups is 1. The zero-order valence-corrected chi connectivity index (χ0v) is 13.1. The van der Waals surface area contributed by atoms with Gasteiger partial charge in [0.25, 0.3) is 5.91 Å². The van der Waals surface area contributed by atoms with Crippen LogP contribution in [-0.4, -0.2) is 38.7 Å². The number of carbonyl (C=O) groups excluding carboxylic acids is 1. The lowest BCUT2D eigenvalue weighted by Gasteiger charge is -2.27. The van der Waals surface area contributed by atoms with Crippen LogP contribution in [0.25, 0.3) is 0 Å². The molecule has 0 spiro atoms. The van der Waals surface area contributed by atoms with Crippen LogP contribution in [0.4, 0.5) is 0 Å². The molecule has 1 amide bonds. The lowest BCUT2D eigenvalue weighted by atomic mass is 9.86. The van der Waals surface area contributed by atoms with Gasteiger partial charge >= 0.3 is 0 Å². The predicted octanol–water partition coefficient (Wildman–Crippen LogP) is 1.67. The van der Waals surface area contributed by atoms with Gasteiger partial charge in [-0.3, -0.25) is 4.79 Å². The maximum Gasteiger partial charge on any atom is 0.273 e. The molecule has 2 N–H and O–H groups in total. The quantitative estimate of drug-likeness (QED) is 0.878. The van der Waals surface area contributed by atoms with Crippen LogP contribution < -0.4 is 5.32 Å². The van der Waals surface area contributed by atoms with E-state index < -0.39 is 0 Å². The largest absolute Gasteiger partial charge is 0.396 e. The number of aliphatic hydroxyl groups excluding tert-OH is 1. The molecule has 7 heteroatoms. The zero-order valence-electron chi connectivity index (χ0n) is 12.3. The molecule has 118 valence electrons. The monoisotopic (exact) mass is 320 g/mol. The smallest absolute Gasteiger partial charge is 0.273 e. The number of rotatable bonds is 5. The van der Waals surface area contributed by atoms with Crippen molar-refractivity contribution in [2.75, 3.05) is 6.61 Å². The molecule has 3 rings (SSSR count). The minimum absolute atomic E-state index is 0.162. The maximum absolute atomic E-state index is 12.2. The fraction of sp³-hybridized carbons (Fsp3) is 0.533. The second-order valence-corrected chi connectivity index (χ2v) is 6.79. The second-order valence-electron chi connectivity index (χ2n) is 5.75.